The number of aryl methyl sites for hydroxylation is 1. The minimum Gasteiger partial charge on any atom is -0.488 e. The monoisotopic (exact) mass is 446 g/mol. The lowest BCUT2D eigenvalue weighted by Gasteiger charge is -2.30. The molecule has 2 heteroatoms. The molecule has 0 heterocycles. The van der Waals surface area contributed by atoms with E-state index in [1.54, 1.807) is 0 Å². The lowest BCUT2D eigenvalue weighted by Crippen LogP contribution is -2.54. The molecule has 0 saturated heterocycles. The van der Waals surface area contributed by atoms with Gasteiger partial charge in [0.25, 0.3) is 0 Å². The van der Waals surface area contributed by atoms with Crippen molar-refractivity contribution in [3.8, 4) is 16.9 Å². The Morgan fingerprint density at radius 1 is 0.788 bits per heavy atom. The quantitative estimate of drug-likeness (QED) is 0.302. The van der Waals surface area contributed by atoms with E-state index < -0.39 is 8.07 Å². The van der Waals surface area contributed by atoms with Gasteiger partial charge in [0, 0.05) is 5.56 Å². The fourth-order valence-electron chi connectivity index (χ4n) is 4.94. The number of benzene rings is 4. The van der Waals surface area contributed by atoms with Gasteiger partial charge in [-0.25, -0.2) is 0 Å². The molecule has 1 nitrogen and oxygen atoms in total. The van der Waals surface area contributed by atoms with Crippen LogP contribution in [-0.2, 0) is 13.0 Å². The van der Waals surface area contributed by atoms with Crippen LogP contribution in [0.1, 0.15) is 22.3 Å². The zero-order chi connectivity index (χ0) is 22.8. The summed E-state index contributed by atoms with van der Waals surface area (Å²) in [5, 5.41) is 2.86. The molecule has 164 valence electrons. The van der Waals surface area contributed by atoms with Gasteiger partial charge in [-0.15, -0.1) is 0 Å². The third-order valence-corrected chi connectivity index (χ3v) is 10.2. The second-order valence-electron chi connectivity index (χ2n) is 9.44. The minimum atomic E-state index is -2.07. The Labute approximate surface area is 198 Å². The molecule has 0 N–H and O–H groups in total. The van der Waals surface area contributed by atoms with E-state index in [0.717, 1.165) is 12.2 Å². The largest absolute Gasteiger partial charge is 0.488 e. The van der Waals surface area contributed by atoms with Crippen LogP contribution in [0.15, 0.2) is 97.1 Å². The Morgan fingerprint density at radius 2 is 1.52 bits per heavy atom. The fourth-order valence-corrected chi connectivity index (χ4v) is 8.02. The summed E-state index contributed by atoms with van der Waals surface area (Å²) in [6.07, 6.45) is 5.64. The second kappa shape index (κ2) is 8.88. The molecule has 5 rings (SSSR count). The molecule has 0 aliphatic heterocycles. The van der Waals surface area contributed by atoms with Crippen LogP contribution in [0.5, 0.6) is 5.75 Å². The summed E-state index contributed by atoms with van der Waals surface area (Å²) in [6.45, 7) is 7.70. The Hall–Kier alpha value is -3.36. The van der Waals surface area contributed by atoms with E-state index in [0.29, 0.717) is 6.61 Å². The van der Waals surface area contributed by atoms with Crippen molar-refractivity contribution in [3.63, 3.8) is 0 Å². The number of hydrogen-bond donors (Lipinski definition) is 0. The van der Waals surface area contributed by atoms with Crippen LogP contribution in [0.25, 0.3) is 17.2 Å². The summed E-state index contributed by atoms with van der Waals surface area (Å²) < 4.78 is 6.71. The molecule has 0 unspecified atom stereocenters. The number of allylic oxidation sites excluding steroid dienone is 1. The molecular weight excluding hydrogens is 416 g/mol. The smallest absolute Gasteiger partial charge is 0.127 e. The third-order valence-electron chi connectivity index (χ3n) is 6.71. The first kappa shape index (κ1) is 21.5. The zero-order valence-electron chi connectivity index (χ0n) is 19.6. The molecule has 0 aromatic heterocycles. The van der Waals surface area contributed by atoms with Crippen molar-refractivity contribution in [1.29, 1.82) is 0 Å². The first-order valence-corrected chi connectivity index (χ1v) is 14.7. The van der Waals surface area contributed by atoms with Crippen LogP contribution in [0.3, 0.4) is 0 Å². The first-order valence-electron chi connectivity index (χ1n) is 11.7. The number of ether oxygens (including phenoxy) is 1. The maximum absolute atomic E-state index is 6.71. The number of hydrogen-bond acceptors (Lipinski definition) is 1. The number of rotatable bonds is 6. The molecule has 0 saturated carbocycles. The van der Waals surface area contributed by atoms with E-state index in [9.17, 15) is 0 Å². The van der Waals surface area contributed by atoms with Crippen molar-refractivity contribution in [3.05, 3.63) is 119 Å². The highest BCUT2D eigenvalue weighted by molar-refractivity contribution is 7.01. The van der Waals surface area contributed by atoms with Gasteiger partial charge in [0.1, 0.15) is 20.4 Å². The molecule has 0 radical (unpaired) electrons. The summed E-state index contributed by atoms with van der Waals surface area (Å²) in [4.78, 5) is 0. The summed E-state index contributed by atoms with van der Waals surface area (Å²) in [7, 11) is -2.07. The summed E-state index contributed by atoms with van der Waals surface area (Å²) in [6, 6.07) is 32.6. The highest BCUT2D eigenvalue weighted by atomic mass is 28.3. The minimum absolute atomic E-state index is 0.564. The van der Waals surface area contributed by atoms with Crippen molar-refractivity contribution in [2.75, 3.05) is 0 Å². The van der Waals surface area contributed by atoms with Gasteiger partial charge in [0.15, 0.2) is 0 Å². The van der Waals surface area contributed by atoms with Crippen molar-refractivity contribution in [2.45, 2.75) is 33.0 Å². The van der Waals surface area contributed by atoms with E-state index in [-0.39, 0.29) is 0 Å². The predicted octanol–water partition coefficient (Wildman–Crippen LogP) is 6.63. The fraction of sp³-hybridized carbons (Fsp3) is 0.161. The van der Waals surface area contributed by atoms with Crippen molar-refractivity contribution in [1.82, 2.24) is 0 Å². The van der Waals surface area contributed by atoms with E-state index in [4.69, 9.17) is 4.74 Å². The summed E-state index contributed by atoms with van der Waals surface area (Å²) >= 11 is 0. The molecule has 0 spiro atoms. The molecule has 0 fully saturated rings. The lowest BCUT2D eigenvalue weighted by atomic mass is 10.0. The average Bonchev–Trinajstić information content (AvgIpc) is 3.33. The molecular formula is C31H30OSi. The molecule has 0 amide bonds. The van der Waals surface area contributed by atoms with Crippen LogP contribution in [-0.4, -0.2) is 8.07 Å². The first-order chi connectivity index (χ1) is 16.0. The maximum atomic E-state index is 6.71. The van der Waals surface area contributed by atoms with E-state index in [1.807, 2.05) is 0 Å². The third kappa shape index (κ3) is 4.19. The highest BCUT2D eigenvalue weighted by Gasteiger charge is 2.34. The van der Waals surface area contributed by atoms with Crippen molar-refractivity contribution >= 4 is 24.5 Å². The van der Waals surface area contributed by atoms with Gasteiger partial charge in [0.2, 0.25) is 0 Å². The SMILES string of the molecule is Cc1cc(-c2ccccc2)c(OCc2ccccc2)c([Si](C)(C)c2cccc3c2C=CC3)c1. The van der Waals surface area contributed by atoms with Crippen LogP contribution in [0.4, 0.5) is 0 Å². The topological polar surface area (TPSA) is 9.23 Å². The van der Waals surface area contributed by atoms with Gasteiger partial charge in [-0.2, -0.15) is 0 Å². The Kier molecular flexibility index (Phi) is 5.78. The van der Waals surface area contributed by atoms with Gasteiger partial charge in [0.05, 0.1) is 0 Å². The van der Waals surface area contributed by atoms with Crippen LogP contribution in [0.2, 0.25) is 13.1 Å². The van der Waals surface area contributed by atoms with Gasteiger partial charge >= 0.3 is 0 Å². The van der Waals surface area contributed by atoms with Gasteiger partial charge in [-0.1, -0.05) is 116 Å². The Bertz CT molecular complexity index is 1300. The van der Waals surface area contributed by atoms with E-state index in [2.05, 4.69) is 123 Å². The van der Waals surface area contributed by atoms with Gasteiger partial charge in [-0.3, -0.25) is 0 Å². The Morgan fingerprint density at radius 3 is 2.27 bits per heavy atom. The van der Waals surface area contributed by atoms with Crippen LogP contribution < -0.4 is 15.1 Å². The standard InChI is InChI=1S/C31H30OSi/c1-23-20-28(26-14-8-5-9-15-26)31(32-22-24-12-6-4-7-13-24)30(21-23)33(2,3)29-19-11-17-25-16-10-18-27(25)29/h4-15,17-21H,16,22H2,1-3H3. The molecule has 4 aromatic carbocycles. The van der Waals surface area contributed by atoms with Crippen molar-refractivity contribution < 1.29 is 4.74 Å². The molecule has 1 aliphatic carbocycles. The molecule has 4 aromatic rings. The van der Waals surface area contributed by atoms with Gasteiger partial charge < -0.3 is 4.74 Å². The normalized spacial score (nSPS) is 12.6. The maximum Gasteiger partial charge on any atom is 0.127 e. The Balaban J connectivity index is 1.68. The lowest BCUT2D eigenvalue weighted by molar-refractivity contribution is 0.310. The van der Waals surface area contributed by atoms with Crippen LogP contribution >= 0.6 is 0 Å². The van der Waals surface area contributed by atoms with E-state index >= 15 is 0 Å². The second-order valence-corrected chi connectivity index (χ2v) is 13.8. The van der Waals surface area contributed by atoms with Crippen molar-refractivity contribution in [2.24, 2.45) is 0 Å². The van der Waals surface area contributed by atoms with Crippen LogP contribution in [0, 0.1) is 6.92 Å². The highest BCUT2D eigenvalue weighted by Crippen LogP contribution is 2.33. The number of fused-ring (bicyclic) bond motifs is 1. The summed E-state index contributed by atoms with van der Waals surface area (Å²) in [5.74, 6) is 1.03. The molecule has 0 bridgehead atoms. The summed E-state index contributed by atoms with van der Waals surface area (Å²) in [5.41, 5.74) is 7.71. The van der Waals surface area contributed by atoms with Gasteiger partial charge in [-0.05, 0) is 52.0 Å². The van der Waals surface area contributed by atoms with E-state index in [1.165, 1.54) is 43.8 Å². The average molecular weight is 447 g/mol. The zero-order valence-corrected chi connectivity index (χ0v) is 20.6. The molecule has 0 atom stereocenters. The molecule has 1 aliphatic rings. The molecule has 33 heavy (non-hydrogen) atoms. The predicted molar refractivity (Wildman–Crippen MR) is 143 cm³/mol.